The van der Waals surface area contributed by atoms with Gasteiger partial charge >= 0.3 is 0 Å². The van der Waals surface area contributed by atoms with Crippen LogP contribution >= 0.6 is 7.14 Å². The first-order valence-corrected chi connectivity index (χ1v) is 26.1. The van der Waals surface area contributed by atoms with E-state index in [9.17, 15) is 0 Å². The second kappa shape index (κ2) is 18.5. The summed E-state index contributed by atoms with van der Waals surface area (Å²) in [5.74, 6) is 1.94. The topological polar surface area (TPSA) is 55.7 Å². The lowest BCUT2D eigenvalue weighted by Crippen LogP contribution is -2.30. The zero-order valence-corrected chi connectivity index (χ0v) is 39.7. The molecular formula is C65H50N3OP. The molecule has 1 aromatic heterocycles. The Kier molecular flexibility index (Phi) is 11.4. The highest BCUT2D eigenvalue weighted by atomic mass is 31.2. The molecule has 1 aliphatic carbocycles. The van der Waals surface area contributed by atoms with E-state index < -0.39 is 7.14 Å². The number of fused-ring (bicyclic) bond motifs is 2. The van der Waals surface area contributed by atoms with Gasteiger partial charge < -0.3 is 4.57 Å². The zero-order valence-electron chi connectivity index (χ0n) is 38.8. The van der Waals surface area contributed by atoms with Crippen LogP contribution in [0.2, 0.25) is 0 Å². The molecule has 10 aromatic carbocycles. The van der Waals surface area contributed by atoms with Crippen molar-refractivity contribution in [2.24, 2.45) is 0 Å². The van der Waals surface area contributed by atoms with Gasteiger partial charge in [0, 0.05) is 38.0 Å². The van der Waals surface area contributed by atoms with Crippen LogP contribution < -0.4 is 15.9 Å². The number of hydrogen-bond acceptors (Lipinski definition) is 4. The van der Waals surface area contributed by atoms with Crippen molar-refractivity contribution in [3.8, 4) is 56.4 Å². The second-order valence-electron chi connectivity index (χ2n) is 18.5. The maximum Gasteiger partial charge on any atom is 0.172 e. The highest BCUT2D eigenvalue weighted by Crippen LogP contribution is 2.50. The maximum atomic E-state index is 16.2. The molecule has 1 aliphatic rings. The summed E-state index contributed by atoms with van der Waals surface area (Å²) in [6.45, 7) is 0. The van der Waals surface area contributed by atoms with Crippen LogP contribution in [0.5, 0.6) is 0 Å². The largest absolute Gasteiger partial charge is 0.309 e. The standard InChI is InChI=1S/C65H50N3OP/c69-70(54-27-10-3-11-28-54,55-29-12-4-13-30-55)61-58-33-16-14-31-56(58)60(57-32-15-17-34-59(57)61)47-35-39-52(40-36-47)65(43-18-5-19-44-65)53-41-37-49(38-42-53)63-66-62(48-23-8-2-9-24-48)67-64(68-63)51-26-20-25-50(45-51)46-21-6-1-7-22-46/h1-4,6-17,20-42,45H,5,18-19,43-44H2. The molecule has 0 N–H and O–H groups in total. The summed E-state index contributed by atoms with van der Waals surface area (Å²) in [6, 6.07) is 84.7. The molecule has 1 fully saturated rings. The molecule has 0 saturated heterocycles. The van der Waals surface area contributed by atoms with E-state index in [1.165, 1.54) is 30.4 Å². The number of rotatable bonds is 10. The molecule has 4 nitrogen and oxygen atoms in total. The SMILES string of the molecule is O=P(c1ccccc1)(c1ccccc1)c1c2ccccc2c(-c2ccc(C3(c4ccc(-c5nc(-c6ccccc6)nc(-c6cccc(-c7ccccc7)c6)n5)cc4)CCCCC3)cc2)c2ccccc12. The fourth-order valence-corrected chi connectivity index (χ4v) is 14.1. The van der Waals surface area contributed by atoms with Gasteiger partial charge in [-0.1, -0.05) is 256 Å². The number of aromatic nitrogens is 3. The average molecular weight is 920 g/mol. The lowest BCUT2D eigenvalue weighted by atomic mass is 9.65. The Labute approximate surface area is 409 Å². The number of nitrogens with zero attached hydrogens (tertiary/aromatic N) is 3. The van der Waals surface area contributed by atoms with Crippen LogP contribution in [0.4, 0.5) is 0 Å². The minimum absolute atomic E-state index is 0.140. The minimum Gasteiger partial charge on any atom is -0.309 e. The Balaban J connectivity index is 0.939. The summed E-state index contributed by atoms with van der Waals surface area (Å²) in [6.07, 6.45) is 5.73. The molecule has 0 unspecified atom stereocenters. The maximum absolute atomic E-state index is 16.2. The Bertz CT molecular complexity index is 3590. The van der Waals surface area contributed by atoms with Gasteiger partial charge in [0.15, 0.2) is 24.6 Å². The number of benzene rings is 10. The fourth-order valence-electron chi connectivity index (χ4n) is 11.1. The van der Waals surface area contributed by atoms with E-state index in [1.807, 2.05) is 84.9 Å². The monoisotopic (exact) mass is 919 g/mol. The number of hydrogen-bond donors (Lipinski definition) is 0. The molecule has 0 bridgehead atoms. The first-order chi connectivity index (χ1) is 34.6. The molecule has 70 heavy (non-hydrogen) atoms. The van der Waals surface area contributed by atoms with Crippen LogP contribution in [0.1, 0.15) is 43.2 Å². The van der Waals surface area contributed by atoms with E-state index >= 15 is 4.57 Å². The van der Waals surface area contributed by atoms with Crippen LogP contribution in [0.25, 0.3) is 78.0 Å². The molecule has 5 heteroatoms. The molecule has 336 valence electrons. The highest BCUT2D eigenvalue weighted by molar-refractivity contribution is 7.86. The average Bonchev–Trinajstić information content (AvgIpc) is 3.45. The van der Waals surface area contributed by atoms with Gasteiger partial charge in [-0.15, -0.1) is 0 Å². The lowest BCUT2D eigenvalue weighted by Gasteiger charge is -2.39. The molecule has 0 atom stereocenters. The van der Waals surface area contributed by atoms with Gasteiger partial charge in [-0.25, -0.2) is 15.0 Å². The van der Waals surface area contributed by atoms with Gasteiger partial charge in [-0.05, 0) is 73.8 Å². The first kappa shape index (κ1) is 43.3. The van der Waals surface area contributed by atoms with Crippen LogP contribution in [0, 0.1) is 0 Å². The van der Waals surface area contributed by atoms with Crippen molar-refractivity contribution >= 4 is 44.6 Å². The molecule has 0 amide bonds. The van der Waals surface area contributed by atoms with Crippen LogP contribution in [-0.4, -0.2) is 15.0 Å². The van der Waals surface area contributed by atoms with E-state index in [-0.39, 0.29) is 5.41 Å². The molecule has 1 heterocycles. The van der Waals surface area contributed by atoms with Crippen LogP contribution in [0.15, 0.2) is 243 Å². The zero-order chi connectivity index (χ0) is 46.9. The van der Waals surface area contributed by atoms with Gasteiger partial charge in [0.25, 0.3) is 0 Å². The second-order valence-corrected chi connectivity index (χ2v) is 21.2. The Hall–Kier alpha value is -8.04. The summed E-state index contributed by atoms with van der Waals surface area (Å²) in [4.78, 5) is 15.3. The molecule has 0 spiro atoms. The summed E-state index contributed by atoms with van der Waals surface area (Å²) in [5.41, 5.74) is 9.93. The molecule has 11 aromatic rings. The van der Waals surface area contributed by atoms with E-state index in [1.54, 1.807) is 0 Å². The van der Waals surface area contributed by atoms with E-state index in [2.05, 4.69) is 158 Å². The van der Waals surface area contributed by atoms with Crippen molar-refractivity contribution in [1.82, 2.24) is 15.0 Å². The van der Waals surface area contributed by atoms with Crippen molar-refractivity contribution in [2.45, 2.75) is 37.5 Å². The predicted molar refractivity (Wildman–Crippen MR) is 292 cm³/mol. The predicted octanol–water partition coefficient (Wildman–Crippen LogP) is 15.4. The van der Waals surface area contributed by atoms with Crippen molar-refractivity contribution in [2.75, 3.05) is 0 Å². The lowest BCUT2D eigenvalue weighted by molar-refractivity contribution is 0.346. The van der Waals surface area contributed by atoms with E-state index in [4.69, 9.17) is 15.0 Å². The summed E-state index contributed by atoms with van der Waals surface area (Å²) >= 11 is 0. The normalized spacial score (nSPS) is 13.6. The first-order valence-electron chi connectivity index (χ1n) is 24.4. The van der Waals surface area contributed by atoms with Gasteiger partial charge in [0.1, 0.15) is 0 Å². The van der Waals surface area contributed by atoms with Gasteiger partial charge in [0.2, 0.25) is 0 Å². The van der Waals surface area contributed by atoms with Gasteiger partial charge in [0.05, 0.1) is 0 Å². The molecule has 0 radical (unpaired) electrons. The van der Waals surface area contributed by atoms with Crippen molar-refractivity contribution in [3.63, 3.8) is 0 Å². The van der Waals surface area contributed by atoms with Crippen LogP contribution in [-0.2, 0) is 9.98 Å². The summed E-state index contributed by atoms with van der Waals surface area (Å²) in [5, 5.41) is 6.78. The minimum atomic E-state index is -3.33. The Morgan fingerprint density at radius 2 is 0.714 bits per heavy atom. The van der Waals surface area contributed by atoms with Crippen molar-refractivity contribution in [3.05, 3.63) is 254 Å². The van der Waals surface area contributed by atoms with E-state index in [0.717, 1.165) is 89.2 Å². The molecule has 1 saturated carbocycles. The van der Waals surface area contributed by atoms with Crippen molar-refractivity contribution in [1.29, 1.82) is 0 Å². The fraction of sp³-hybridized carbons (Fsp3) is 0.0923. The molecule has 0 aliphatic heterocycles. The van der Waals surface area contributed by atoms with E-state index in [0.29, 0.717) is 17.5 Å². The summed E-state index contributed by atoms with van der Waals surface area (Å²) in [7, 11) is -3.33. The third-order valence-electron chi connectivity index (χ3n) is 14.5. The summed E-state index contributed by atoms with van der Waals surface area (Å²) < 4.78 is 16.2. The molecule has 12 rings (SSSR count). The quantitative estimate of drug-likeness (QED) is 0.101. The van der Waals surface area contributed by atoms with Crippen LogP contribution in [0.3, 0.4) is 0 Å². The van der Waals surface area contributed by atoms with Crippen molar-refractivity contribution < 1.29 is 4.57 Å². The third kappa shape index (κ3) is 7.75. The Morgan fingerprint density at radius 1 is 0.329 bits per heavy atom. The van der Waals surface area contributed by atoms with Gasteiger partial charge in [-0.3, -0.25) is 0 Å². The molecular weight excluding hydrogens is 870 g/mol. The van der Waals surface area contributed by atoms with Gasteiger partial charge in [-0.2, -0.15) is 0 Å². The third-order valence-corrected chi connectivity index (χ3v) is 17.6. The Morgan fingerprint density at radius 3 is 1.23 bits per heavy atom. The smallest absolute Gasteiger partial charge is 0.172 e. The highest BCUT2D eigenvalue weighted by Gasteiger charge is 2.37.